The van der Waals surface area contributed by atoms with Crippen LogP contribution in [0.5, 0.6) is 0 Å². The van der Waals surface area contributed by atoms with E-state index in [2.05, 4.69) is 31.3 Å². The van der Waals surface area contributed by atoms with Crippen molar-refractivity contribution in [1.29, 1.82) is 0 Å². The molecule has 0 aliphatic carbocycles. The zero-order chi connectivity index (χ0) is 38.6. The van der Waals surface area contributed by atoms with Crippen molar-refractivity contribution >= 4 is 13.7 Å². The number of allylic oxidation sites excluding steroid dienone is 3. The lowest BCUT2D eigenvalue weighted by molar-refractivity contribution is -0.870. The Kier molecular flexibility index (Phi) is 35.0. The molecule has 0 saturated carbocycles. The minimum atomic E-state index is -4.34. The van der Waals surface area contributed by atoms with E-state index >= 15 is 0 Å². The molecule has 8 nitrogen and oxygen atoms in total. The molecule has 0 aromatic carbocycles. The molecule has 0 aromatic heterocycles. The summed E-state index contributed by atoms with van der Waals surface area (Å²) in [4.78, 5) is 23.0. The molecule has 0 heterocycles. The zero-order valence-corrected chi connectivity index (χ0v) is 35.7. The topological polar surface area (TPSA) is 105 Å². The van der Waals surface area contributed by atoms with Crippen molar-refractivity contribution < 1.29 is 32.9 Å². The fourth-order valence-corrected chi connectivity index (χ4v) is 6.91. The van der Waals surface area contributed by atoms with Gasteiger partial charge in [-0.05, 0) is 32.1 Å². The molecule has 0 aliphatic rings. The van der Waals surface area contributed by atoms with E-state index in [1.165, 1.54) is 135 Å². The van der Waals surface area contributed by atoms with Gasteiger partial charge in [0.2, 0.25) is 5.91 Å². The van der Waals surface area contributed by atoms with E-state index in [9.17, 15) is 19.4 Å². The number of aliphatic hydroxyl groups is 1. The summed E-state index contributed by atoms with van der Waals surface area (Å²) in [7, 11) is 1.56. The SMILES string of the molecule is CCCCCCCCCCCCCCCC/C=C/CC/C=C/C(O)C(COP(=O)(O)OCC[N+](C)(C)C)NC(=O)CCCCCCCCCCCC. The third-order valence-electron chi connectivity index (χ3n) is 9.67. The van der Waals surface area contributed by atoms with Crippen LogP contribution >= 0.6 is 7.82 Å². The van der Waals surface area contributed by atoms with Crippen molar-refractivity contribution in [2.75, 3.05) is 40.9 Å². The van der Waals surface area contributed by atoms with Crippen LogP contribution in [0.25, 0.3) is 0 Å². The zero-order valence-electron chi connectivity index (χ0n) is 34.8. The number of amides is 1. The van der Waals surface area contributed by atoms with Crippen LogP contribution in [-0.2, 0) is 18.4 Å². The highest BCUT2D eigenvalue weighted by Crippen LogP contribution is 2.43. The molecule has 0 saturated heterocycles. The van der Waals surface area contributed by atoms with Crippen LogP contribution in [0.1, 0.15) is 194 Å². The number of rotatable bonds is 39. The summed E-state index contributed by atoms with van der Waals surface area (Å²) in [5, 5.41) is 13.8. The van der Waals surface area contributed by atoms with Gasteiger partial charge in [-0.1, -0.05) is 179 Å². The van der Waals surface area contributed by atoms with Gasteiger partial charge >= 0.3 is 7.82 Å². The molecule has 0 aliphatic heterocycles. The van der Waals surface area contributed by atoms with Crippen molar-refractivity contribution in [3.63, 3.8) is 0 Å². The molecule has 0 aromatic rings. The number of quaternary nitrogens is 1. The Labute approximate surface area is 322 Å². The van der Waals surface area contributed by atoms with E-state index in [0.29, 0.717) is 17.4 Å². The van der Waals surface area contributed by atoms with Gasteiger partial charge in [-0.2, -0.15) is 0 Å². The largest absolute Gasteiger partial charge is 0.472 e. The van der Waals surface area contributed by atoms with Crippen LogP contribution in [0.15, 0.2) is 24.3 Å². The Hall–Kier alpha value is -1.02. The molecule has 0 fully saturated rings. The molecule has 52 heavy (non-hydrogen) atoms. The molecule has 3 atom stereocenters. The summed E-state index contributed by atoms with van der Waals surface area (Å²) in [6.45, 7) is 4.78. The first-order valence-corrected chi connectivity index (χ1v) is 23.2. The van der Waals surface area contributed by atoms with Gasteiger partial charge in [-0.25, -0.2) is 4.57 Å². The van der Waals surface area contributed by atoms with Gasteiger partial charge in [0, 0.05) is 6.42 Å². The number of carbonyl (C=O) groups is 1. The van der Waals surface area contributed by atoms with E-state index in [-0.39, 0.29) is 19.1 Å². The van der Waals surface area contributed by atoms with Gasteiger partial charge in [0.25, 0.3) is 0 Å². The fourth-order valence-electron chi connectivity index (χ4n) is 6.17. The van der Waals surface area contributed by atoms with Crippen LogP contribution in [0.4, 0.5) is 0 Å². The van der Waals surface area contributed by atoms with Gasteiger partial charge in [0.1, 0.15) is 13.2 Å². The average molecular weight is 758 g/mol. The molecule has 9 heteroatoms. The Morgan fingerprint density at radius 1 is 0.635 bits per heavy atom. The molecule has 1 amide bonds. The predicted octanol–water partition coefficient (Wildman–Crippen LogP) is 11.7. The number of phosphoric ester groups is 1. The quantitative estimate of drug-likeness (QED) is 0.0250. The number of hydrogen-bond donors (Lipinski definition) is 3. The molecule has 0 radical (unpaired) electrons. The summed E-state index contributed by atoms with van der Waals surface area (Å²) in [6, 6.07) is -0.856. The normalized spacial score (nSPS) is 14.7. The first kappa shape index (κ1) is 51.0. The minimum Gasteiger partial charge on any atom is -0.387 e. The lowest BCUT2D eigenvalue weighted by Crippen LogP contribution is -2.45. The molecule has 3 N–H and O–H groups in total. The number of nitrogens with one attached hydrogen (secondary N) is 1. The minimum absolute atomic E-state index is 0.0580. The van der Waals surface area contributed by atoms with Crippen molar-refractivity contribution in [2.45, 2.75) is 206 Å². The highest BCUT2D eigenvalue weighted by atomic mass is 31.2. The second kappa shape index (κ2) is 35.7. The van der Waals surface area contributed by atoms with Gasteiger partial charge in [0.05, 0.1) is 39.9 Å². The summed E-state index contributed by atoms with van der Waals surface area (Å²) < 4.78 is 23.5. The third-order valence-corrected chi connectivity index (χ3v) is 10.7. The van der Waals surface area contributed by atoms with E-state index in [1.807, 2.05) is 27.2 Å². The Morgan fingerprint density at radius 2 is 1.06 bits per heavy atom. The monoisotopic (exact) mass is 758 g/mol. The standard InChI is InChI=1S/C43H85N2O6P/c1-6-8-10-12-14-16-18-19-20-21-22-23-24-25-26-27-28-30-32-34-36-42(46)41(40-51-52(48,49)50-39-38-45(3,4)5)44-43(47)37-35-33-31-29-17-15-13-11-9-7-2/h27-28,34,36,41-42,46H,6-26,29-33,35,37-40H2,1-5H3,(H-,44,47,48,49)/p+1/b28-27+,36-34+. The lowest BCUT2D eigenvalue weighted by atomic mass is 10.0. The summed E-state index contributed by atoms with van der Waals surface area (Å²) in [5.41, 5.74) is 0. The molecular weight excluding hydrogens is 671 g/mol. The number of aliphatic hydroxyl groups excluding tert-OH is 1. The second-order valence-electron chi connectivity index (χ2n) is 16.1. The third kappa shape index (κ3) is 37.3. The van der Waals surface area contributed by atoms with E-state index in [4.69, 9.17) is 9.05 Å². The maximum absolute atomic E-state index is 12.8. The fraction of sp³-hybridized carbons (Fsp3) is 0.884. The highest BCUT2D eigenvalue weighted by Gasteiger charge is 2.27. The molecule has 0 bridgehead atoms. The summed E-state index contributed by atoms with van der Waals surface area (Å²) >= 11 is 0. The van der Waals surface area contributed by atoms with E-state index in [0.717, 1.165) is 38.5 Å². The van der Waals surface area contributed by atoms with E-state index < -0.39 is 20.0 Å². The maximum Gasteiger partial charge on any atom is 0.472 e. The Balaban J connectivity index is 4.42. The van der Waals surface area contributed by atoms with Crippen LogP contribution < -0.4 is 5.32 Å². The van der Waals surface area contributed by atoms with Gasteiger partial charge < -0.3 is 19.8 Å². The Morgan fingerprint density at radius 3 is 1.54 bits per heavy atom. The predicted molar refractivity (Wildman–Crippen MR) is 221 cm³/mol. The molecule has 0 spiro atoms. The van der Waals surface area contributed by atoms with Crippen LogP contribution in [-0.4, -0.2) is 73.4 Å². The van der Waals surface area contributed by atoms with Crippen molar-refractivity contribution in [2.24, 2.45) is 0 Å². The maximum atomic E-state index is 12.8. The van der Waals surface area contributed by atoms with Crippen molar-refractivity contribution in [3.05, 3.63) is 24.3 Å². The molecule has 3 unspecified atom stereocenters. The van der Waals surface area contributed by atoms with Crippen LogP contribution in [0.3, 0.4) is 0 Å². The smallest absolute Gasteiger partial charge is 0.387 e. The van der Waals surface area contributed by atoms with Gasteiger partial charge in [0.15, 0.2) is 0 Å². The molecular formula is C43H86N2O6P+. The summed E-state index contributed by atoms with van der Waals surface area (Å²) in [6.07, 6.45) is 41.1. The number of nitrogens with zero attached hydrogens (tertiary/aromatic N) is 1. The average Bonchev–Trinajstić information content (AvgIpc) is 3.09. The Bertz CT molecular complexity index is 907. The summed E-state index contributed by atoms with van der Waals surface area (Å²) in [5.74, 6) is -0.189. The number of likely N-dealkylation sites (N-methyl/N-ethyl adjacent to an activating group) is 1. The van der Waals surface area contributed by atoms with Crippen molar-refractivity contribution in [3.8, 4) is 0 Å². The lowest BCUT2D eigenvalue weighted by Gasteiger charge is -2.25. The highest BCUT2D eigenvalue weighted by molar-refractivity contribution is 7.47. The van der Waals surface area contributed by atoms with Crippen LogP contribution in [0, 0.1) is 0 Å². The van der Waals surface area contributed by atoms with E-state index in [1.54, 1.807) is 6.08 Å². The molecule has 0 rings (SSSR count). The molecule has 308 valence electrons. The number of unbranched alkanes of at least 4 members (excludes halogenated alkanes) is 24. The van der Waals surface area contributed by atoms with Crippen molar-refractivity contribution in [1.82, 2.24) is 5.32 Å². The number of carbonyl (C=O) groups excluding carboxylic acids is 1. The first-order valence-electron chi connectivity index (χ1n) is 21.7. The number of phosphoric acid groups is 1. The van der Waals surface area contributed by atoms with Crippen LogP contribution in [0.2, 0.25) is 0 Å². The number of hydrogen-bond acceptors (Lipinski definition) is 5. The first-order chi connectivity index (χ1) is 25.0. The van der Waals surface area contributed by atoms with Gasteiger partial charge in [-0.3, -0.25) is 13.8 Å². The van der Waals surface area contributed by atoms with Gasteiger partial charge in [-0.15, -0.1) is 0 Å². The second-order valence-corrected chi connectivity index (χ2v) is 17.5.